The Bertz CT molecular complexity index is 1170. The first kappa shape index (κ1) is 43.4. The number of aliphatic hydroxyl groups excluding tert-OH is 1. The van der Waals surface area contributed by atoms with E-state index in [-0.39, 0.29) is 28.3 Å². The molecule has 11 unspecified atom stereocenters. The van der Waals surface area contributed by atoms with Crippen molar-refractivity contribution in [3.05, 3.63) is 0 Å². The van der Waals surface area contributed by atoms with Gasteiger partial charge in [0.2, 0.25) is 0 Å². The molecule has 4 saturated carbocycles. The molecule has 0 saturated heterocycles. The zero-order valence-corrected chi connectivity index (χ0v) is 34.6. The standard InChI is InChI=1S/C41H80N4O5S/c1-8-39(7)35(31(4)14-15-36(30(2)3)50-51(47,48)49)17-19-41(39)29-40(41)28-38(6)18-16-33(25-34(38)26-37(40)46)27-45-32(5)13-11-23-43-21-9-10-22-44-24-12-20-42/h30-37,43-46H,8-29,42H2,1-7H3,(H,47,48,49). The normalized spacial score (nSPS) is 36.8. The minimum atomic E-state index is -4.47. The summed E-state index contributed by atoms with van der Waals surface area (Å²) in [7, 11) is -4.47. The SMILES string of the molecule is CCC1(C)C(C(C)CCC(OS(=O)(=O)O)C(C)C)CCC12CC21CC2(C)CCC(CNC(C)CCCNCCCCNCCCN)CC2CC1O. The molecular formula is C41H80N4O5S. The smallest absolute Gasteiger partial charge is 0.393 e. The van der Waals surface area contributed by atoms with Crippen LogP contribution in [0.2, 0.25) is 0 Å². The minimum absolute atomic E-state index is 0.00594. The van der Waals surface area contributed by atoms with Crippen LogP contribution in [0.1, 0.15) is 151 Å². The van der Waals surface area contributed by atoms with Gasteiger partial charge < -0.3 is 26.8 Å². The van der Waals surface area contributed by atoms with Crippen LogP contribution in [0.5, 0.6) is 0 Å². The van der Waals surface area contributed by atoms with Crippen LogP contribution in [0.3, 0.4) is 0 Å². The summed E-state index contributed by atoms with van der Waals surface area (Å²) in [5.74, 6) is 2.27. The molecule has 0 aromatic heterocycles. The van der Waals surface area contributed by atoms with Gasteiger partial charge in [-0.1, -0.05) is 41.5 Å². The van der Waals surface area contributed by atoms with Crippen molar-refractivity contribution in [3.8, 4) is 0 Å². The summed E-state index contributed by atoms with van der Waals surface area (Å²) in [6, 6.07) is 0.536. The molecule has 0 radical (unpaired) electrons. The van der Waals surface area contributed by atoms with E-state index in [9.17, 15) is 18.1 Å². The summed E-state index contributed by atoms with van der Waals surface area (Å²) >= 11 is 0. The molecule has 4 aliphatic carbocycles. The van der Waals surface area contributed by atoms with Crippen LogP contribution in [0.15, 0.2) is 0 Å². The van der Waals surface area contributed by atoms with E-state index in [1.54, 1.807) is 0 Å². The van der Waals surface area contributed by atoms with Gasteiger partial charge in [0.15, 0.2) is 0 Å². The van der Waals surface area contributed by atoms with Gasteiger partial charge in [-0.25, -0.2) is 4.18 Å². The molecule has 10 heteroatoms. The van der Waals surface area contributed by atoms with Gasteiger partial charge in [-0.15, -0.1) is 0 Å². The highest BCUT2D eigenvalue weighted by atomic mass is 32.3. The van der Waals surface area contributed by atoms with Crippen molar-refractivity contribution in [1.82, 2.24) is 16.0 Å². The fourth-order valence-corrected chi connectivity index (χ4v) is 12.7. The van der Waals surface area contributed by atoms with Gasteiger partial charge in [-0.3, -0.25) is 4.55 Å². The number of fused-ring (bicyclic) bond motifs is 2. The Hall–Kier alpha value is -0.330. The van der Waals surface area contributed by atoms with Crippen LogP contribution >= 0.6 is 0 Å². The maximum Gasteiger partial charge on any atom is 0.397 e. The molecule has 0 aromatic carbocycles. The first-order valence-electron chi connectivity index (χ1n) is 21.2. The Balaban J connectivity index is 1.22. The van der Waals surface area contributed by atoms with Crippen LogP contribution in [0, 0.1) is 51.2 Å². The Morgan fingerprint density at radius 3 is 2.18 bits per heavy atom. The van der Waals surface area contributed by atoms with E-state index in [0.717, 1.165) is 65.0 Å². The highest BCUT2D eigenvalue weighted by Gasteiger charge is 2.80. The number of unbranched alkanes of at least 4 members (excludes halogenated alkanes) is 1. The molecule has 0 aromatic rings. The molecule has 0 aliphatic heterocycles. The molecule has 300 valence electrons. The van der Waals surface area contributed by atoms with Crippen molar-refractivity contribution >= 4 is 10.4 Å². The molecule has 2 spiro atoms. The van der Waals surface area contributed by atoms with Crippen molar-refractivity contribution in [2.75, 3.05) is 39.3 Å². The number of nitrogens with two attached hydrogens (primary N) is 1. The van der Waals surface area contributed by atoms with Crippen LogP contribution in [-0.4, -0.2) is 75.6 Å². The van der Waals surface area contributed by atoms with Crippen molar-refractivity contribution in [1.29, 1.82) is 0 Å². The van der Waals surface area contributed by atoms with E-state index in [0.29, 0.717) is 41.5 Å². The third-order valence-corrected chi connectivity index (χ3v) is 15.9. The molecule has 9 nitrogen and oxygen atoms in total. The Morgan fingerprint density at radius 1 is 0.882 bits per heavy atom. The molecule has 11 atom stereocenters. The summed E-state index contributed by atoms with van der Waals surface area (Å²) in [5.41, 5.74) is 6.26. The number of nitrogens with one attached hydrogen (secondary N) is 3. The molecular weight excluding hydrogens is 661 g/mol. The predicted octanol–water partition coefficient (Wildman–Crippen LogP) is 7.09. The average molecular weight is 741 g/mol. The lowest BCUT2D eigenvalue weighted by Crippen LogP contribution is -2.50. The first-order valence-corrected chi connectivity index (χ1v) is 22.6. The second kappa shape index (κ2) is 18.5. The summed E-state index contributed by atoms with van der Waals surface area (Å²) in [6.07, 6.45) is 17.3. The van der Waals surface area contributed by atoms with Crippen molar-refractivity contribution in [2.24, 2.45) is 57.0 Å². The highest BCUT2D eigenvalue weighted by molar-refractivity contribution is 7.80. The topological polar surface area (TPSA) is 146 Å². The third kappa shape index (κ3) is 10.3. The Morgan fingerprint density at radius 2 is 1.55 bits per heavy atom. The summed E-state index contributed by atoms with van der Waals surface area (Å²) in [6.45, 7) is 22.2. The van der Waals surface area contributed by atoms with Gasteiger partial charge in [0.1, 0.15) is 0 Å². The average Bonchev–Trinajstić information content (AvgIpc) is 3.62. The fraction of sp³-hybridized carbons (Fsp3) is 1.00. The highest BCUT2D eigenvalue weighted by Crippen LogP contribution is 2.86. The van der Waals surface area contributed by atoms with Crippen LogP contribution in [0.4, 0.5) is 0 Å². The van der Waals surface area contributed by atoms with E-state index in [2.05, 4.69) is 50.6 Å². The number of hydrogen-bond acceptors (Lipinski definition) is 8. The quantitative estimate of drug-likeness (QED) is 0.0478. The molecule has 0 amide bonds. The lowest BCUT2D eigenvalue weighted by Gasteiger charge is -2.55. The Kier molecular flexibility index (Phi) is 15.8. The summed E-state index contributed by atoms with van der Waals surface area (Å²) in [4.78, 5) is 0. The lowest BCUT2D eigenvalue weighted by atomic mass is 9.51. The minimum Gasteiger partial charge on any atom is -0.393 e. The molecule has 4 fully saturated rings. The van der Waals surface area contributed by atoms with Gasteiger partial charge in [0.25, 0.3) is 0 Å². The van der Waals surface area contributed by atoms with Crippen molar-refractivity contribution < 1.29 is 22.3 Å². The zero-order chi connectivity index (χ0) is 37.5. The van der Waals surface area contributed by atoms with E-state index in [4.69, 9.17) is 9.92 Å². The second-order valence-electron chi connectivity index (χ2n) is 18.9. The molecule has 4 aliphatic rings. The number of hydrogen-bond donors (Lipinski definition) is 6. The van der Waals surface area contributed by atoms with E-state index in [1.165, 1.54) is 70.6 Å². The molecule has 4 rings (SSSR count). The number of rotatable bonds is 23. The first-order chi connectivity index (χ1) is 24.1. The third-order valence-electron chi connectivity index (χ3n) is 15.4. The fourth-order valence-electron chi connectivity index (χ4n) is 12.1. The molecule has 0 heterocycles. The van der Waals surface area contributed by atoms with Crippen LogP contribution in [-0.2, 0) is 14.6 Å². The number of aliphatic hydroxyl groups is 1. The van der Waals surface area contributed by atoms with Gasteiger partial charge in [0, 0.05) is 11.5 Å². The lowest BCUT2D eigenvalue weighted by molar-refractivity contribution is -0.101. The van der Waals surface area contributed by atoms with Crippen LogP contribution < -0.4 is 21.7 Å². The maximum absolute atomic E-state index is 12.1. The van der Waals surface area contributed by atoms with Crippen molar-refractivity contribution in [3.63, 3.8) is 0 Å². The van der Waals surface area contributed by atoms with E-state index in [1.807, 2.05) is 13.8 Å². The van der Waals surface area contributed by atoms with Gasteiger partial charge in [-0.05, 0) is 195 Å². The zero-order valence-electron chi connectivity index (χ0n) is 33.8. The molecule has 51 heavy (non-hydrogen) atoms. The van der Waals surface area contributed by atoms with Gasteiger partial charge >= 0.3 is 10.4 Å². The monoisotopic (exact) mass is 741 g/mol. The van der Waals surface area contributed by atoms with E-state index >= 15 is 0 Å². The second-order valence-corrected chi connectivity index (χ2v) is 20.0. The largest absolute Gasteiger partial charge is 0.397 e. The molecule has 7 N–H and O–H groups in total. The predicted molar refractivity (Wildman–Crippen MR) is 210 cm³/mol. The molecule has 0 bridgehead atoms. The van der Waals surface area contributed by atoms with Crippen LogP contribution in [0.25, 0.3) is 0 Å². The van der Waals surface area contributed by atoms with Crippen molar-refractivity contribution in [2.45, 2.75) is 169 Å². The summed E-state index contributed by atoms with van der Waals surface area (Å²) in [5, 5.41) is 23.1. The Labute approximate surface area is 313 Å². The van der Waals surface area contributed by atoms with Gasteiger partial charge in [0.05, 0.1) is 12.2 Å². The summed E-state index contributed by atoms with van der Waals surface area (Å²) < 4.78 is 37.4. The maximum atomic E-state index is 12.1. The van der Waals surface area contributed by atoms with Gasteiger partial charge in [-0.2, -0.15) is 8.42 Å². The van der Waals surface area contributed by atoms with E-state index < -0.39 is 16.5 Å².